The predicted octanol–water partition coefficient (Wildman–Crippen LogP) is 3.97. The molecule has 0 radical (unpaired) electrons. The van der Waals surface area contributed by atoms with Gasteiger partial charge in [0.15, 0.2) is 0 Å². The minimum atomic E-state index is -0.321. The van der Waals surface area contributed by atoms with Gasteiger partial charge in [-0.15, -0.1) is 11.6 Å². The Bertz CT molecular complexity index is 455. The molecular formula is C19H31ClO2. The summed E-state index contributed by atoms with van der Waals surface area (Å²) in [5.74, 6) is 2.84. The van der Waals surface area contributed by atoms with Crippen molar-refractivity contribution in [2.75, 3.05) is 0 Å². The lowest BCUT2D eigenvalue weighted by Crippen LogP contribution is -2.54. The minimum Gasteiger partial charge on any atom is -0.393 e. The van der Waals surface area contributed by atoms with Crippen LogP contribution >= 0.6 is 11.6 Å². The van der Waals surface area contributed by atoms with Crippen molar-refractivity contribution in [3.8, 4) is 0 Å². The Kier molecular flexibility index (Phi) is 3.65. The van der Waals surface area contributed by atoms with Gasteiger partial charge < -0.3 is 10.2 Å². The summed E-state index contributed by atoms with van der Waals surface area (Å²) in [7, 11) is 0. The molecule has 0 aromatic carbocycles. The number of hydrogen-bond donors (Lipinski definition) is 2. The molecule has 4 aliphatic rings. The highest BCUT2D eigenvalue weighted by molar-refractivity contribution is 6.21. The van der Waals surface area contributed by atoms with Gasteiger partial charge in [-0.2, -0.15) is 0 Å². The van der Waals surface area contributed by atoms with Gasteiger partial charge in [0.1, 0.15) is 0 Å². The molecule has 22 heavy (non-hydrogen) atoms. The van der Waals surface area contributed by atoms with Crippen LogP contribution in [0.1, 0.15) is 65.2 Å². The van der Waals surface area contributed by atoms with Crippen molar-refractivity contribution in [2.45, 2.75) is 82.8 Å². The van der Waals surface area contributed by atoms with Crippen molar-refractivity contribution in [1.82, 2.24) is 0 Å². The Hall–Kier alpha value is 0.210. The number of halogens is 1. The lowest BCUT2D eigenvalue weighted by atomic mass is 9.45. The van der Waals surface area contributed by atoms with E-state index >= 15 is 0 Å². The molecule has 0 spiro atoms. The van der Waals surface area contributed by atoms with Crippen LogP contribution in [0.15, 0.2) is 0 Å². The molecule has 0 aliphatic heterocycles. The maximum atomic E-state index is 10.6. The van der Waals surface area contributed by atoms with E-state index in [1.165, 1.54) is 25.7 Å². The first kappa shape index (κ1) is 15.7. The Morgan fingerprint density at radius 3 is 2.36 bits per heavy atom. The Morgan fingerprint density at radius 1 is 0.864 bits per heavy atom. The Balaban J connectivity index is 1.63. The van der Waals surface area contributed by atoms with E-state index in [0.717, 1.165) is 37.5 Å². The molecule has 4 fully saturated rings. The maximum absolute atomic E-state index is 10.6. The third-order valence-corrected chi connectivity index (χ3v) is 8.99. The molecular weight excluding hydrogens is 296 g/mol. The fourth-order valence-electron chi connectivity index (χ4n) is 7.18. The summed E-state index contributed by atoms with van der Waals surface area (Å²) >= 11 is 6.47. The summed E-state index contributed by atoms with van der Waals surface area (Å²) in [4.78, 5) is 0. The molecule has 0 aromatic heterocycles. The van der Waals surface area contributed by atoms with E-state index in [-0.39, 0.29) is 23.0 Å². The molecule has 9 atom stereocenters. The number of rotatable bonds is 0. The number of alkyl halides is 1. The standard InChI is InChI=1S/C19H31ClO2/c1-18-7-5-12(21)9-11(18)3-4-13-14(18)6-8-19(2)15(13)10-16(20)17(19)22/h11-17,21-22H,3-10H2,1-2H3/t11?,12?,13-,14-,15+,16?,17?,18+,19+/m1/s1. The van der Waals surface area contributed by atoms with Gasteiger partial charge in [-0.05, 0) is 85.9 Å². The largest absolute Gasteiger partial charge is 0.393 e. The molecule has 0 bridgehead atoms. The van der Waals surface area contributed by atoms with Gasteiger partial charge in [-0.1, -0.05) is 13.8 Å². The second kappa shape index (κ2) is 5.10. The van der Waals surface area contributed by atoms with E-state index in [2.05, 4.69) is 13.8 Å². The second-order valence-corrected chi connectivity index (χ2v) is 9.89. The zero-order valence-electron chi connectivity index (χ0n) is 14.0. The van der Waals surface area contributed by atoms with Crippen LogP contribution in [0.4, 0.5) is 0 Å². The Morgan fingerprint density at radius 2 is 1.59 bits per heavy atom. The van der Waals surface area contributed by atoms with Crippen molar-refractivity contribution in [1.29, 1.82) is 0 Å². The van der Waals surface area contributed by atoms with Crippen molar-refractivity contribution < 1.29 is 10.2 Å². The number of hydrogen-bond acceptors (Lipinski definition) is 2. The molecule has 0 amide bonds. The predicted molar refractivity (Wildman–Crippen MR) is 88.8 cm³/mol. The third kappa shape index (κ3) is 1.99. The highest BCUT2D eigenvalue weighted by Gasteiger charge is 2.61. The summed E-state index contributed by atoms with van der Waals surface area (Å²) in [6.45, 7) is 4.80. The van der Waals surface area contributed by atoms with Gasteiger partial charge in [-0.25, -0.2) is 0 Å². The summed E-state index contributed by atoms with van der Waals surface area (Å²) in [6, 6.07) is 0. The topological polar surface area (TPSA) is 40.5 Å². The van der Waals surface area contributed by atoms with E-state index < -0.39 is 0 Å². The second-order valence-electron chi connectivity index (χ2n) is 9.33. The molecule has 4 aliphatic carbocycles. The molecule has 0 aromatic rings. The Labute approximate surface area is 139 Å². The molecule has 2 nitrogen and oxygen atoms in total. The van der Waals surface area contributed by atoms with Crippen LogP contribution in [-0.2, 0) is 0 Å². The first-order chi connectivity index (χ1) is 10.4. The van der Waals surface area contributed by atoms with Gasteiger partial charge in [0, 0.05) is 0 Å². The number of aliphatic hydroxyl groups excluding tert-OH is 2. The molecule has 4 saturated carbocycles. The number of aliphatic hydroxyl groups is 2. The van der Waals surface area contributed by atoms with Crippen LogP contribution in [0.3, 0.4) is 0 Å². The first-order valence-electron chi connectivity index (χ1n) is 9.36. The van der Waals surface area contributed by atoms with Crippen LogP contribution in [0.25, 0.3) is 0 Å². The fourth-order valence-corrected chi connectivity index (χ4v) is 7.66. The zero-order valence-corrected chi connectivity index (χ0v) is 14.7. The lowest BCUT2D eigenvalue weighted by Gasteiger charge is -2.60. The maximum Gasteiger partial charge on any atom is 0.0760 e. The van der Waals surface area contributed by atoms with Crippen LogP contribution < -0.4 is 0 Å². The molecule has 4 unspecified atom stereocenters. The smallest absolute Gasteiger partial charge is 0.0760 e. The summed E-state index contributed by atoms with van der Waals surface area (Å²) < 4.78 is 0. The van der Waals surface area contributed by atoms with Crippen molar-refractivity contribution in [3.63, 3.8) is 0 Å². The van der Waals surface area contributed by atoms with E-state index in [1.54, 1.807) is 0 Å². The SMILES string of the molecule is C[C@]12CCC(O)CC1CC[C@@H]1[C@H]2CC[C@]2(C)C(O)C(Cl)C[C@@H]12. The van der Waals surface area contributed by atoms with Gasteiger partial charge in [0.25, 0.3) is 0 Å². The van der Waals surface area contributed by atoms with Crippen LogP contribution in [0.5, 0.6) is 0 Å². The molecule has 3 heteroatoms. The van der Waals surface area contributed by atoms with Gasteiger partial charge in [-0.3, -0.25) is 0 Å². The summed E-state index contributed by atoms with van der Waals surface area (Å²) in [5, 5.41) is 20.6. The summed E-state index contributed by atoms with van der Waals surface area (Å²) in [6.07, 6.45) is 8.75. The van der Waals surface area contributed by atoms with E-state index in [4.69, 9.17) is 11.6 Å². The normalized spacial score (nSPS) is 61.2. The molecule has 2 N–H and O–H groups in total. The lowest BCUT2D eigenvalue weighted by molar-refractivity contribution is -0.133. The van der Waals surface area contributed by atoms with Crippen LogP contribution in [0, 0.1) is 34.5 Å². The van der Waals surface area contributed by atoms with Crippen molar-refractivity contribution in [2.24, 2.45) is 34.5 Å². The first-order valence-corrected chi connectivity index (χ1v) is 9.80. The zero-order chi connectivity index (χ0) is 15.7. The summed E-state index contributed by atoms with van der Waals surface area (Å²) in [5.41, 5.74) is 0.462. The van der Waals surface area contributed by atoms with Crippen molar-refractivity contribution in [3.05, 3.63) is 0 Å². The average molecular weight is 327 g/mol. The molecule has 0 heterocycles. The van der Waals surface area contributed by atoms with Gasteiger partial charge >= 0.3 is 0 Å². The van der Waals surface area contributed by atoms with E-state index in [1.807, 2.05) is 0 Å². The van der Waals surface area contributed by atoms with Gasteiger partial charge in [0.2, 0.25) is 0 Å². The quantitative estimate of drug-likeness (QED) is 0.661. The monoisotopic (exact) mass is 326 g/mol. The molecule has 0 saturated heterocycles. The molecule has 4 rings (SSSR count). The average Bonchev–Trinajstić information content (AvgIpc) is 2.72. The number of fused-ring (bicyclic) bond motifs is 5. The van der Waals surface area contributed by atoms with Crippen LogP contribution in [0.2, 0.25) is 0 Å². The van der Waals surface area contributed by atoms with E-state index in [9.17, 15) is 10.2 Å². The van der Waals surface area contributed by atoms with E-state index in [0.29, 0.717) is 17.3 Å². The van der Waals surface area contributed by atoms with Crippen molar-refractivity contribution >= 4 is 11.6 Å². The fraction of sp³-hybridized carbons (Fsp3) is 1.00. The highest BCUT2D eigenvalue weighted by Crippen LogP contribution is 2.66. The minimum absolute atomic E-state index is 0.0466. The van der Waals surface area contributed by atoms with Gasteiger partial charge in [0.05, 0.1) is 17.6 Å². The highest BCUT2D eigenvalue weighted by atomic mass is 35.5. The third-order valence-electron chi connectivity index (χ3n) is 8.57. The van der Waals surface area contributed by atoms with Crippen LogP contribution in [-0.4, -0.2) is 27.8 Å². The molecule has 126 valence electrons.